The number of aliphatic hydroxyl groups excluding tert-OH is 1. The monoisotopic (exact) mass is 271 g/mol. The summed E-state index contributed by atoms with van der Waals surface area (Å²) in [5.74, 6) is 1.02. The van der Waals surface area contributed by atoms with Gasteiger partial charge in [0.25, 0.3) is 0 Å². The largest absolute Gasteiger partial charge is 0.396 e. The Labute approximate surface area is 111 Å². The van der Waals surface area contributed by atoms with Crippen molar-refractivity contribution in [2.75, 3.05) is 37.5 Å². The summed E-state index contributed by atoms with van der Waals surface area (Å²) in [5, 5.41) is 12.4. The second-order valence-electron chi connectivity index (χ2n) is 4.95. The van der Waals surface area contributed by atoms with Crippen LogP contribution in [0.25, 0.3) is 0 Å². The van der Waals surface area contributed by atoms with Gasteiger partial charge in [-0.25, -0.2) is 0 Å². The van der Waals surface area contributed by atoms with Crippen LogP contribution in [0, 0.1) is 5.41 Å². The summed E-state index contributed by atoms with van der Waals surface area (Å²) in [6.45, 7) is 0.989. The third-order valence-corrected chi connectivity index (χ3v) is 3.39. The van der Waals surface area contributed by atoms with Crippen LogP contribution < -0.4 is 10.2 Å². The number of halogens is 1. The number of rotatable bonds is 6. The Bertz CT molecular complexity index is 422. The van der Waals surface area contributed by atoms with Crippen LogP contribution in [0.1, 0.15) is 19.3 Å². The Morgan fingerprint density at radius 2 is 2.06 bits per heavy atom. The third kappa shape index (κ3) is 3.20. The maximum absolute atomic E-state index is 9.00. The number of anilines is 2. The number of aliphatic hydroxyl groups is 1. The number of hydrogen-bond donors (Lipinski definition) is 2. The Morgan fingerprint density at radius 1 is 1.33 bits per heavy atom. The molecule has 0 atom stereocenters. The summed E-state index contributed by atoms with van der Waals surface area (Å²) in [7, 11) is 3.70. The first-order chi connectivity index (χ1) is 8.54. The van der Waals surface area contributed by atoms with Gasteiger partial charge in [-0.15, -0.1) is 0 Å². The maximum atomic E-state index is 9.00. The fourth-order valence-corrected chi connectivity index (χ4v) is 1.97. The topological polar surface area (TPSA) is 74.2 Å². The van der Waals surface area contributed by atoms with Crippen LogP contribution in [0.4, 0.5) is 11.9 Å². The van der Waals surface area contributed by atoms with E-state index in [2.05, 4.69) is 20.3 Å². The van der Waals surface area contributed by atoms with Crippen LogP contribution in [0.3, 0.4) is 0 Å². The van der Waals surface area contributed by atoms with E-state index in [4.69, 9.17) is 16.7 Å². The maximum Gasteiger partial charge on any atom is 0.230 e. The van der Waals surface area contributed by atoms with Gasteiger partial charge in [0.05, 0.1) is 0 Å². The summed E-state index contributed by atoms with van der Waals surface area (Å²) >= 11 is 5.85. The molecule has 0 radical (unpaired) electrons. The van der Waals surface area contributed by atoms with Crippen LogP contribution in [0.2, 0.25) is 5.28 Å². The van der Waals surface area contributed by atoms with E-state index < -0.39 is 0 Å². The molecular weight excluding hydrogens is 254 g/mol. The zero-order valence-electron chi connectivity index (χ0n) is 10.6. The predicted molar refractivity (Wildman–Crippen MR) is 71.0 cm³/mol. The second kappa shape index (κ2) is 5.24. The van der Waals surface area contributed by atoms with E-state index in [9.17, 15) is 0 Å². The molecule has 0 spiro atoms. The molecule has 1 saturated carbocycles. The highest BCUT2D eigenvalue weighted by molar-refractivity contribution is 6.28. The molecule has 1 aliphatic rings. The highest BCUT2D eigenvalue weighted by atomic mass is 35.5. The number of hydrogen-bond acceptors (Lipinski definition) is 6. The molecule has 0 unspecified atom stereocenters. The molecule has 0 aromatic carbocycles. The van der Waals surface area contributed by atoms with E-state index in [0.29, 0.717) is 11.9 Å². The molecule has 0 saturated heterocycles. The summed E-state index contributed by atoms with van der Waals surface area (Å²) in [6, 6.07) is 0. The van der Waals surface area contributed by atoms with Crippen molar-refractivity contribution >= 4 is 23.5 Å². The Balaban J connectivity index is 2.01. The van der Waals surface area contributed by atoms with E-state index in [0.717, 1.165) is 25.8 Å². The first kappa shape index (κ1) is 13.3. The molecule has 0 bridgehead atoms. The summed E-state index contributed by atoms with van der Waals surface area (Å²) in [5.41, 5.74) is 0.214. The lowest BCUT2D eigenvalue weighted by Crippen LogP contribution is -2.20. The molecule has 1 aliphatic carbocycles. The number of aromatic nitrogens is 3. The van der Waals surface area contributed by atoms with Crippen LogP contribution >= 0.6 is 11.6 Å². The Morgan fingerprint density at radius 3 is 2.61 bits per heavy atom. The standard InChI is InChI=1S/C11H18ClN5O/c1-17(2)10-15-8(12)14-9(16-10)13-7-11(3-4-11)5-6-18/h18H,3-7H2,1-2H3,(H,13,14,15,16). The van der Waals surface area contributed by atoms with Crippen molar-refractivity contribution in [1.29, 1.82) is 0 Å². The van der Waals surface area contributed by atoms with Crippen LogP contribution in [-0.2, 0) is 0 Å². The highest BCUT2D eigenvalue weighted by Crippen LogP contribution is 2.48. The van der Waals surface area contributed by atoms with Crippen molar-refractivity contribution in [2.24, 2.45) is 5.41 Å². The van der Waals surface area contributed by atoms with Gasteiger partial charge in [-0.05, 0) is 36.3 Å². The van der Waals surface area contributed by atoms with Gasteiger partial charge in [0.1, 0.15) is 0 Å². The zero-order valence-corrected chi connectivity index (χ0v) is 11.4. The van der Waals surface area contributed by atoms with Gasteiger partial charge in [-0.2, -0.15) is 15.0 Å². The SMILES string of the molecule is CN(C)c1nc(Cl)nc(NCC2(CCO)CC2)n1. The smallest absolute Gasteiger partial charge is 0.230 e. The van der Waals surface area contributed by atoms with Crippen molar-refractivity contribution < 1.29 is 5.11 Å². The fourth-order valence-electron chi connectivity index (χ4n) is 1.81. The van der Waals surface area contributed by atoms with E-state index in [1.807, 2.05) is 14.1 Å². The molecule has 2 N–H and O–H groups in total. The van der Waals surface area contributed by atoms with Crippen LogP contribution in [0.15, 0.2) is 0 Å². The number of nitrogens with one attached hydrogen (secondary N) is 1. The van der Waals surface area contributed by atoms with Gasteiger partial charge in [0.2, 0.25) is 17.2 Å². The van der Waals surface area contributed by atoms with Crippen molar-refractivity contribution in [2.45, 2.75) is 19.3 Å². The van der Waals surface area contributed by atoms with Crippen molar-refractivity contribution in [3.63, 3.8) is 0 Å². The minimum atomic E-state index is 0.184. The summed E-state index contributed by atoms with van der Waals surface area (Å²) in [4.78, 5) is 14.1. The summed E-state index contributed by atoms with van der Waals surface area (Å²) < 4.78 is 0. The molecule has 100 valence electrons. The molecule has 2 rings (SSSR count). The molecule has 18 heavy (non-hydrogen) atoms. The molecule has 0 aliphatic heterocycles. The third-order valence-electron chi connectivity index (χ3n) is 3.22. The Kier molecular flexibility index (Phi) is 3.87. The fraction of sp³-hybridized carbons (Fsp3) is 0.727. The van der Waals surface area contributed by atoms with E-state index in [1.165, 1.54) is 0 Å². The quantitative estimate of drug-likeness (QED) is 0.809. The molecule has 1 heterocycles. The minimum absolute atomic E-state index is 0.184. The van der Waals surface area contributed by atoms with Gasteiger partial charge >= 0.3 is 0 Å². The molecule has 1 aromatic heterocycles. The average Bonchev–Trinajstić information content (AvgIpc) is 3.07. The first-order valence-electron chi connectivity index (χ1n) is 5.98. The molecule has 6 nitrogen and oxygen atoms in total. The van der Waals surface area contributed by atoms with Gasteiger partial charge in [0.15, 0.2) is 0 Å². The Hall–Kier alpha value is -1.14. The predicted octanol–water partition coefficient (Wildman–Crippen LogP) is 1.17. The molecule has 0 amide bonds. The van der Waals surface area contributed by atoms with Crippen LogP contribution in [0.5, 0.6) is 0 Å². The molecule has 7 heteroatoms. The molecule has 1 fully saturated rings. The number of nitrogens with zero attached hydrogens (tertiary/aromatic N) is 4. The lowest BCUT2D eigenvalue weighted by molar-refractivity contribution is 0.253. The van der Waals surface area contributed by atoms with Gasteiger partial charge in [0, 0.05) is 27.2 Å². The summed E-state index contributed by atoms with van der Waals surface area (Å²) in [6.07, 6.45) is 3.10. The van der Waals surface area contributed by atoms with Crippen molar-refractivity contribution in [3.8, 4) is 0 Å². The van der Waals surface area contributed by atoms with Crippen molar-refractivity contribution in [1.82, 2.24) is 15.0 Å². The normalized spacial score (nSPS) is 16.4. The molecule has 1 aromatic rings. The average molecular weight is 272 g/mol. The van der Waals surface area contributed by atoms with Crippen LogP contribution in [-0.4, -0.2) is 47.3 Å². The van der Waals surface area contributed by atoms with Gasteiger partial charge in [-0.1, -0.05) is 0 Å². The lowest BCUT2D eigenvalue weighted by atomic mass is 10.0. The van der Waals surface area contributed by atoms with Crippen molar-refractivity contribution in [3.05, 3.63) is 5.28 Å². The first-order valence-corrected chi connectivity index (χ1v) is 6.36. The van der Waals surface area contributed by atoms with Gasteiger partial charge in [-0.3, -0.25) is 0 Å². The zero-order chi connectivity index (χ0) is 13.2. The highest BCUT2D eigenvalue weighted by Gasteiger charge is 2.41. The minimum Gasteiger partial charge on any atom is -0.396 e. The second-order valence-corrected chi connectivity index (χ2v) is 5.29. The van der Waals surface area contributed by atoms with E-state index >= 15 is 0 Å². The van der Waals surface area contributed by atoms with Gasteiger partial charge < -0.3 is 15.3 Å². The lowest BCUT2D eigenvalue weighted by Gasteiger charge is -2.16. The van der Waals surface area contributed by atoms with E-state index in [1.54, 1.807) is 4.90 Å². The molecular formula is C11H18ClN5O. The van der Waals surface area contributed by atoms with E-state index in [-0.39, 0.29) is 17.3 Å².